The van der Waals surface area contributed by atoms with E-state index in [4.69, 9.17) is 4.74 Å². The molecule has 1 aromatic carbocycles. The third-order valence-electron chi connectivity index (χ3n) is 3.99. The smallest absolute Gasteiger partial charge is 0.240 e. The third kappa shape index (κ3) is 8.55. The molecule has 2 rings (SSSR count). The van der Waals surface area contributed by atoms with Gasteiger partial charge in [0, 0.05) is 39.0 Å². The highest BCUT2D eigenvalue weighted by Gasteiger charge is 2.16. The number of nitrogens with one attached hydrogen (secondary N) is 3. The highest BCUT2D eigenvalue weighted by Crippen LogP contribution is 2.16. The van der Waals surface area contributed by atoms with E-state index in [0.29, 0.717) is 19.2 Å². The van der Waals surface area contributed by atoms with Crippen LogP contribution in [0.1, 0.15) is 18.4 Å². The first kappa shape index (κ1) is 24.5. The standard InChI is InChI=1S/C17H28N4O3S2.HI/c1-18-17(21-15-6-4-10-25-13-15)19-12-14-5-3-7-16(11-14)26(22,23)20-8-9-24-2;/h3,5,7,11,15,20H,4,6,8-10,12-13H2,1-2H3,(H2,18,19,21);1H. The molecule has 1 atom stereocenters. The maximum absolute atomic E-state index is 12.3. The molecule has 0 aliphatic carbocycles. The molecular formula is C17H29IN4O3S2. The van der Waals surface area contributed by atoms with Crippen molar-refractivity contribution in [3.05, 3.63) is 29.8 Å². The van der Waals surface area contributed by atoms with E-state index in [1.54, 1.807) is 25.2 Å². The summed E-state index contributed by atoms with van der Waals surface area (Å²) < 4.78 is 32.0. The van der Waals surface area contributed by atoms with Crippen molar-refractivity contribution in [2.24, 2.45) is 4.99 Å². The Morgan fingerprint density at radius 1 is 1.41 bits per heavy atom. The summed E-state index contributed by atoms with van der Waals surface area (Å²) in [4.78, 5) is 4.51. The van der Waals surface area contributed by atoms with Crippen molar-refractivity contribution in [3.63, 3.8) is 0 Å². The average Bonchev–Trinajstić information content (AvgIpc) is 2.66. The van der Waals surface area contributed by atoms with Crippen LogP contribution in [0.2, 0.25) is 0 Å². The Labute approximate surface area is 183 Å². The second-order valence-electron chi connectivity index (χ2n) is 6.02. The molecule has 1 unspecified atom stereocenters. The molecule has 0 aromatic heterocycles. The Morgan fingerprint density at radius 2 is 2.22 bits per heavy atom. The minimum atomic E-state index is -3.53. The Balaban J connectivity index is 0.00000364. The van der Waals surface area contributed by atoms with Gasteiger partial charge in [-0.3, -0.25) is 4.99 Å². The Kier molecular flexibility index (Phi) is 11.6. The second kappa shape index (κ2) is 12.8. The van der Waals surface area contributed by atoms with Gasteiger partial charge in [-0.15, -0.1) is 24.0 Å². The lowest BCUT2D eigenvalue weighted by Gasteiger charge is -2.24. The Bertz CT molecular complexity index is 695. The van der Waals surface area contributed by atoms with Gasteiger partial charge in [-0.25, -0.2) is 13.1 Å². The molecule has 1 fully saturated rings. The molecule has 0 amide bonds. The number of sulfonamides is 1. The van der Waals surface area contributed by atoms with Gasteiger partial charge in [0.25, 0.3) is 0 Å². The van der Waals surface area contributed by atoms with Crippen LogP contribution < -0.4 is 15.4 Å². The van der Waals surface area contributed by atoms with Crippen LogP contribution in [-0.2, 0) is 21.3 Å². The molecular weight excluding hydrogens is 499 g/mol. The molecule has 27 heavy (non-hydrogen) atoms. The fraction of sp³-hybridized carbons (Fsp3) is 0.588. The number of thioether (sulfide) groups is 1. The quantitative estimate of drug-likeness (QED) is 0.206. The van der Waals surface area contributed by atoms with Crippen LogP contribution in [0.25, 0.3) is 0 Å². The first-order chi connectivity index (χ1) is 12.5. The highest BCUT2D eigenvalue weighted by molar-refractivity contribution is 14.0. The zero-order valence-electron chi connectivity index (χ0n) is 15.7. The predicted octanol–water partition coefficient (Wildman–Crippen LogP) is 1.79. The van der Waals surface area contributed by atoms with Gasteiger partial charge in [-0.2, -0.15) is 11.8 Å². The molecule has 1 aliphatic heterocycles. The molecule has 1 aliphatic rings. The summed E-state index contributed by atoms with van der Waals surface area (Å²) in [5, 5.41) is 6.69. The van der Waals surface area contributed by atoms with Crippen molar-refractivity contribution in [1.82, 2.24) is 15.4 Å². The van der Waals surface area contributed by atoms with Crippen LogP contribution in [0.5, 0.6) is 0 Å². The first-order valence-electron chi connectivity index (χ1n) is 8.67. The summed E-state index contributed by atoms with van der Waals surface area (Å²) in [6.45, 7) is 1.08. The van der Waals surface area contributed by atoms with Crippen LogP contribution in [0.3, 0.4) is 0 Å². The van der Waals surface area contributed by atoms with E-state index in [9.17, 15) is 8.42 Å². The van der Waals surface area contributed by atoms with Gasteiger partial charge in [0.05, 0.1) is 11.5 Å². The lowest BCUT2D eigenvalue weighted by Crippen LogP contribution is -2.45. The number of nitrogens with zero attached hydrogens (tertiary/aromatic N) is 1. The normalized spacial score (nSPS) is 17.9. The van der Waals surface area contributed by atoms with Crippen LogP contribution in [0.4, 0.5) is 0 Å². The summed E-state index contributed by atoms with van der Waals surface area (Å²) in [6.07, 6.45) is 2.36. The van der Waals surface area contributed by atoms with Gasteiger partial charge < -0.3 is 15.4 Å². The van der Waals surface area contributed by atoms with E-state index in [1.807, 2.05) is 17.8 Å². The molecule has 0 radical (unpaired) electrons. The maximum Gasteiger partial charge on any atom is 0.240 e. The number of halogens is 1. The molecule has 7 nitrogen and oxygen atoms in total. The highest BCUT2D eigenvalue weighted by atomic mass is 127. The SMILES string of the molecule is CN=C(NCc1cccc(S(=O)(=O)NCCOC)c1)NC1CCCSC1.I. The van der Waals surface area contributed by atoms with Gasteiger partial charge >= 0.3 is 0 Å². The molecule has 154 valence electrons. The molecule has 1 aromatic rings. The second-order valence-corrected chi connectivity index (χ2v) is 8.94. The largest absolute Gasteiger partial charge is 0.383 e. The Morgan fingerprint density at radius 3 is 2.89 bits per heavy atom. The lowest BCUT2D eigenvalue weighted by molar-refractivity contribution is 0.204. The van der Waals surface area contributed by atoms with Crippen molar-refractivity contribution >= 4 is 51.7 Å². The number of guanidine groups is 1. The molecule has 1 saturated heterocycles. The van der Waals surface area contributed by atoms with E-state index in [0.717, 1.165) is 23.7 Å². The monoisotopic (exact) mass is 528 g/mol. The van der Waals surface area contributed by atoms with Gasteiger partial charge in [-0.05, 0) is 36.3 Å². The number of hydrogen-bond acceptors (Lipinski definition) is 5. The minimum Gasteiger partial charge on any atom is -0.383 e. The maximum atomic E-state index is 12.3. The lowest BCUT2D eigenvalue weighted by atomic mass is 10.2. The number of ether oxygens (including phenoxy) is 1. The van der Waals surface area contributed by atoms with Crippen molar-refractivity contribution in [2.45, 2.75) is 30.3 Å². The molecule has 10 heteroatoms. The van der Waals surface area contributed by atoms with E-state index >= 15 is 0 Å². The van der Waals surface area contributed by atoms with E-state index in [-0.39, 0.29) is 35.4 Å². The van der Waals surface area contributed by atoms with Gasteiger partial charge in [0.1, 0.15) is 0 Å². The average molecular weight is 528 g/mol. The van der Waals surface area contributed by atoms with Crippen molar-refractivity contribution < 1.29 is 13.2 Å². The number of benzene rings is 1. The number of methoxy groups -OCH3 is 1. The van der Waals surface area contributed by atoms with Crippen LogP contribution in [0.15, 0.2) is 34.2 Å². The van der Waals surface area contributed by atoms with Crippen molar-refractivity contribution in [3.8, 4) is 0 Å². The van der Waals surface area contributed by atoms with E-state index < -0.39 is 10.0 Å². The van der Waals surface area contributed by atoms with Gasteiger partial charge in [0.2, 0.25) is 10.0 Å². The fourth-order valence-corrected chi connectivity index (χ4v) is 4.77. The molecule has 0 saturated carbocycles. The molecule has 0 spiro atoms. The zero-order chi connectivity index (χ0) is 18.8. The van der Waals surface area contributed by atoms with E-state index in [1.165, 1.54) is 19.3 Å². The van der Waals surface area contributed by atoms with Crippen molar-refractivity contribution in [1.29, 1.82) is 0 Å². The fourth-order valence-electron chi connectivity index (χ4n) is 2.61. The summed E-state index contributed by atoms with van der Waals surface area (Å²) in [5.41, 5.74) is 0.876. The summed E-state index contributed by atoms with van der Waals surface area (Å²) >= 11 is 1.95. The molecule has 0 bridgehead atoms. The molecule has 1 heterocycles. The van der Waals surface area contributed by atoms with Crippen molar-refractivity contribution in [2.75, 3.05) is 38.8 Å². The number of aliphatic imine (C=N–C) groups is 1. The summed E-state index contributed by atoms with van der Waals surface area (Å²) in [7, 11) is -0.251. The topological polar surface area (TPSA) is 91.8 Å². The number of rotatable bonds is 8. The third-order valence-corrected chi connectivity index (χ3v) is 6.67. The summed E-state index contributed by atoms with van der Waals surface area (Å²) in [5.74, 6) is 3.05. The van der Waals surface area contributed by atoms with Crippen LogP contribution in [-0.4, -0.2) is 59.2 Å². The summed E-state index contributed by atoms with van der Waals surface area (Å²) in [6, 6.07) is 7.33. The first-order valence-corrected chi connectivity index (χ1v) is 11.3. The van der Waals surface area contributed by atoms with Gasteiger partial charge in [0.15, 0.2) is 5.96 Å². The zero-order valence-corrected chi connectivity index (χ0v) is 19.7. The Hall–Kier alpha value is -0.560. The van der Waals surface area contributed by atoms with Crippen LogP contribution >= 0.6 is 35.7 Å². The van der Waals surface area contributed by atoms with E-state index in [2.05, 4.69) is 20.3 Å². The molecule has 3 N–H and O–H groups in total. The van der Waals surface area contributed by atoms with Gasteiger partial charge in [-0.1, -0.05) is 12.1 Å². The van der Waals surface area contributed by atoms with Crippen LogP contribution in [0, 0.1) is 0 Å². The minimum absolute atomic E-state index is 0. The number of hydrogen-bond donors (Lipinski definition) is 3. The predicted molar refractivity (Wildman–Crippen MR) is 123 cm³/mol.